The average Bonchev–Trinajstić information content (AvgIpc) is 2.68. The molecule has 0 unspecified atom stereocenters. The minimum Gasteiger partial charge on any atom is -0.492 e. The number of nitrogens with one attached hydrogen (secondary N) is 2. The van der Waals surface area contributed by atoms with Crippen LogP contribution in [0.1, 0.15) is 11.1 Å². The second-order valence-electron chi connectivity index (χ2n) is 6.73. The summed E-state index contributed by atoms with van der Waals surface area (Å²) in [5.41, 5.74) is 1.36. The number of likely N-dealkylation sites (N-methyl/N-ethyl adjacent to an activating group) is 1. The summed E-state index contributed by atoms with van der Waals surface area (Å²) in [7, 11) is 5.56. The molecule has 10 heteroatoms. The number of para-hydroxylation sites is 1. The summed E-state index contributed by atoms with van der Waals surface area (Å²) in [6.45, 7) is 2.01. The zero-order valence-electron chi connectivity index (χ0n) is 17.7. The van der Waals surface area contributed by atoms with Crippen molar-refractivity contribution in [2.75, 3.05) is 34.3 Å². The van der Waals surface area contributed by atoms with E-state index < -0.39 is 6.36 Å². The van der Waals surface area contributed by atoms with Gasteiger partial charge in [0.25, 0.3) is 0 Å². The molecule has 0 bridgehead atoms. The maximum atomic E-state index is 12.6. The van der Waals surface area contributed by atoms with Crippen molar-refractivity contribution in [3.63, 3.8) is 0 Å². The molecule has 0 aliphatic carbocycles. The Morgan fingerprint density at radius 1 is 1.03 bits per heavy atom. The first kappa shape index (κ1) is 26.8. The molecular formula is C21H28F3IN4O2. The first-order valence-electron chi connectivity index (χ1n) is 9.41. The lowest BCUT2D eigenvalue weighted by atomic mass is 10.2. The van der Waals surface area contributed by atoms with Crippen LogP contribution in [0.5, 0.6) is 11.5 Å². The highest BCUT2D eigenvalue weighted by Gasteiger charge is 2.31. The number of rotatable bonds is 9. The van der Waals surface area contributed by atoms with E-state index in [0.717, 1.165) is 17.9 Å². The van der Waals surface area contributed by atoms with Crippen LogP contribution in [0.4, 0.5) is 13.2 Å². The number of benzene rings is 2. The van der Waals surface area contributed by atoms with Gasteiger partial charge in [-0.25, -0.2) is 0 Å². The summed E-state index contributed by atoms with van der Waals surface area (Å²) in [5.74, 6) is 0.989. The summed E-state index contributed by atoms with van der Waals surface area (Å²) in [6.07, 6.45) is -4.74. The Hall–Kier alpha value is -2.21. The molecule has 0 fully saturated rings. The lowest BCUT2D eigenvalue weighted by molar-refractivity contribution is -0.274. The lowest BCUT2D eigenvalue weighted by Gasteiger charge is -2.16. The zero-order chi connectivity index (χ0) is 22.0. The van der Waals surface area contributed by atoms with Gasteiger partial charge in [0, 0.05) is 32.2 Å². The molecule has 31 heavy (non-hydrogen) atoms. The van der Waals surface area contributed by atoms with Crippen LogP contribution in [0.25, 0.3) is 0 Å². The van der Waals surface area contributed by atoms with E-state index in [1.807, 2.05) is 43.3 Å². The van der Waals surface area contributed by atoms with E-state index in [-0.39, 0.29) is 36.3 Å². The lowest BCUT2D eigenvalue weighted by Crippen LogP contribution is -2.36. The fourth-order valence-corrected chi connectivity index (χ4v) is 2.55. The van der Waals surface area contributed by atoms with Gasteiger partial charge in [0.05, 0.1) is 0 Å². The number of alkyl halides is 3. The van der Waals surface area contributed by atoms with E-state index in [4.69, 9.17) is 4.74 Å². The molecule has 0 amide bonds. The minimum absolute atomic E-state index is 0. The average molecular weight is 552 g/mol. The van der Waals surface area contributed by atoms with Crippen molar-refractivity contribution in [1.29, 1.82) is 0 Å². The molecular weight excluding hydrogens is 524 g/mol. The number of halogens is 4. The van der Waals surface area contributed by atoms with E-state index in [1.54, 1.807) is 19.2 Å². The molecule has 2 aromatic carbocycles. The summed E-state index contributed by atoms with van der Waals surface area (Å²) < 4.78 is 47.5. The molecule has 0 saturated heterocycles. The standard InChI is InChI=1S/C21H27F3N4O2.HI/c1-25-20(27-15-17-8-4-5-10-19(17)30-21(22,23)24)26-14-16-7-6-9-18(13-16)29-12-11-28(2)3;/h4-10,13H,11-12,14-15H2,1-3H3,(H2,25,26,27);1H. The van der Waals surface area contributed by atoms with Crippen LogP contribution in [0, 0.1) is 0 Å². The number of hydrogen-bond donors (Lipinski definition) is 2. The summed E-state index contributed by atoms with van der Waals surface area (Å²) in [5, 5.41) is 6.14. The highest BCUT2D eigenvalue weighted by molar-refractivity contribution is 14.0. The predicted octanol–water partition coefficient (Wildman–Crippen LogP) is 4.01. The van der Waals surface area contributed by atoms with Crippen LogP contribution in [-0.2, 0) is 13.1 Å². The minimum atomic E-state index is -4.74. The van der Waals surface area contributed by atoms with Crippen molar-refractivity contribution in [2.24, 2.45) is 4.99 Å². The van der Waals surface area contributed by atoms with E-state index in [1.165, 1.54) is 12.1 Å². The molecule has 2 aromatic rings. The van der Waals surface area contributed by atoms with Crippen LogP contribution in [0.3, 0.4) is 0 Å². The van der Waals surface area contributed by atoms with Gasteiger partial charge in [-0.3, -0.25) is 4.99 Å². The number of aliphatic imine (C=N–C) groups is 1. The number of guanidine groups is 1. The second-order valence-corrected chi connectivity index (χ2v) is 6.73. The Morgan fingerprint density at radius 3 is 2.42 bits per heavy atom. The smallest absolute Gasteiger partial charge is 0.492 e. The Morgan fingerprint density at radius 2 is 1.74 bits per heavy atom. The van der Waals surface area contributed by atoms with E-state index >= 15 is 0 Å². The highest BCUT2D eigenvalue weighted by Crippen LogP contribution is 2.26. The maximum Gasteiger partial charge on any atom is 0.573 e. The van der Waals surface area contributed by atoms with Crippen molar-refractivity contribution in [3.8, 4) is 11.5 Å². The van der Waals surface area contributed by atoms with Crippen LogP contribution in [0.15, 0.2) is 53.5 Å². The molecule has 0 aliphatic heterocycles. The summed E-state index contributed by atoms with van der Waals surface area (Å²) >= 11 is 0. The van der Waals surface area contributed by atoms with Gasteiger partial charge in [0.1, 0.15) is 18.1 Å². The quantitative estimate of drug-likeness (QED) is 0.280. The van der Waals surface area contributed by atoms with Crippen molar-refractivity contribution in [3.05, 3.63) is 59.7 Å². The first-order chi connectivity index (χ1) is 14.3. The molecule has 6 nitrogen and oxygen atoms in total. The van der Waals surface area contributed by atoms with Crippen LogP contribution in [-0.4, -0.2) is 51.5 Å². The largest absolute Gasteiger partial charge is 0.573 e. The van der Waals surface area contributed by atoms with Crippen LogP contribution in [0.2, 0.25) is 0 Å². The molecule has 0 aromatic heterocycles. The van der Waals surface area contributed by atoms with Gasteiger partial charge in [-0.2, -0.15) is 0 Å². The Kier molecular flexibility index (Phi) is 11.5. The van der Waals surface area contributed by atoms with Crippen molar-refractivity contribution < 1.29 is 22.6 Å². The van der Waals surface area contributed by atoms with Crippen molar-refractivity contribution in [2.45, 2.75) is 19.5 Å². The molecule has 0 radical (unpaired) electrons. The molecule has 172 valence electrons. The highest BCUT2D eigenvalue weighted by atomic mass is 127. The normalized spacial score (nSPS) is 11.6. The van der Waals surface area contributed by atoms with E-state index in [0.29, 0.717) is 24.7 Å². The van der Waals surface area contributed by atoms with Crippen LogP contribution >= 0.6 is 24.0 Å². The van der Waals surface area contributed by atoms with Gasteiger partial charge in [-0.05, 0) is 37.9 Å². The van der Waals surface area contributed by atoms with Crippen molar-refractivity contribution >= 4 is 29.9 Å². The van der Waals surface area contributed by atoms with Gasteiger partial charge in [0.15, 0.2) is 5.96 Å². The third kappa shape index (κ3) is 10.6. The molecule has 0 aliphatic rings. The van der Waals surface area contributed by atoms with Crippen molar-refractivity contribution in [1.82, 2.24) is 15.5 Å². The second kappa shape index (κ2) is 13.3. The molecule has 0 spiro atoms. The van der Waals surface area contributed by atoms with E-state index in [2.05, 4.69) is 20.4 Å². The number of ether oxygens (including phenoxy) is 2. The third-order valence-corrected chi connectivity index (χ3v) is 4.03. The molecule has 0 atom stereocenters. The SMILES string of the molecule is CN=C(NCc1cccc(OCCN(C)C)c1)NCc1ccccc1OC(F)(F)F.I. The molecule has 2 rings (SSSR count). The van der Waals surface area contributed by atoms with Gasteiger partial charge in [-0.1, -0.05) is 30.3 Å². The summed E-state index contributed by atoms with van der Waals surface area (Å²) in [4.78, 5) is 6.15. The van der Waals surface area contributed by atoms with Gasteiger partial charge in [-0.15, -0.1) is 37.1 Å². The van der Waals surface area contributed by atoms with Crippen LogP contribution < -0.4 is 20.1 Å². The Labute approximate surface area is 197 Å². The summed E-state index contributed by atoms with van der Waals surface area (Å²) in [6, 6.07) is 13.7. The topological polar surface area (TPSA) is 58.1 Å². The molecule has 2 N–H and O–H groups in total. The molecule has 0 saturated carbocycles. The zero-order valence-corrected chi connectivity index (χ0v) is 20.0. The third-order valence-electron chi connectivity index (χ3n) is 4.03. The fraction of sp³-hybridized carbons (Fsp3) is 0.381. The molecule has 0 heterocycles. The van der Waals surface area contributed by atoms with E-state index in [9.17, 15) is 13.2 Å². The maximum absolute atomic E-state index is 12.6. The number of hydrogen-bond acceptors (Lipinski definition) is 4. The number of nitrogens with zero attached hydrogens (tertiary/aromatic N) is 2. The Balaban J connectivity index is 0.00000480. The van der Waals surface area contributed by atoms with Gasteiger partial charge >= 0.3 is 6.36 Å². The Bertz CT molecular complexity index is 832. The monoisotopic (exact) mass is 552 g/mol. The fourth-order valence-electron chi connectivity index (χ4n) is 2.55. The van der Waals surface area contributed by atoms with Gasteiger partial charge in [0.2, 0.25) is 0 Å². The van der Waals surface area contributed by atoms with Gasteiger partial charge < -0.3 is 25.0 Å². The first-order valence-corrected chi connectivity index (χ1v) is 9.41. The predicted molar refractivity (Wildman–Crippen MR) is 126 cm³/mol.